The molecule has 0 aliphatic rings. The van der Waals surface area contributed by atoms with Crippen molar-refractivity contribution in [3.05, 3.63) is 0 Å². The first-order valence-corrected chi connectivity index (χ1v) is 6.28. The molecule has 0 aromatic carbocycles. The summed E-state index contributed by atoms with van der Waals surface area (Å²) in [5, 5.41) is 8.86. The number of carbonyl (C=O) groups is 2. The Bertz CT molecular complexity index is 255. The number of carbonyl (C=O) groups excluding carboxylic acids is 1. The van der Waals surface area contributed by atoms with Gasteiger partial charge in [0.25, 0.3) is 0 Å². The summed E-state index contributed by atoms with van der Waals surface area (Å²) in [6.07, 6.45) is 1.34. The lowest BCUT2D eigenvalue weighted by Crippen LogP contribution is -2.35. The second kappa shape index (κ2) is 9.70. The van der Waals surface area contributed by atoms with Crippen molar-refractivity contribution in [1.82, 2.24) is 5.48 Å². The number of ether oxygens (including phenoxy) is 1. The van der Waals surface area contributed by atoms with Crippen molar-refractivity contribution >= 4 is 12.1 Å². The van der Waals surface area contributed by atoms with Crippen LogP contribution in [0.3, 0.4) is 0 Å². The van der Waals surface area contributed by atoms with Crippen LogP contribution in [0.2, 0.25) is 0 Å². The van der Waals surface area contributed by atoms with E-state index in [-0.39, 0.29) is 5.92 Å². The third-order valence-electron chi connectivity index (χ3n) is 2.23. The minimum absolute atomic E-state index is 0.161. The maximum Gasteiger partial charge on any atom is 0.431 e. The first-order chi connectivity index (χ1) is 8.47. The van der Waals surface area contributed by atoms with Gasteiger partial charge >= 0.3 is 12.1 Å². The van der Waals surface area contributed by atoms with Crippen molar-refractivity contribution in [3.8, 4) is 0 Å². The van der Waals surface area contributed by atoms with Crippen LogP contribution in [0.15, 0.2) is 0 Å². The molecule has 0 aromatic heterocycles. The zero-order valence-electron chi connectivity index (χ0n) is 11.3. The first-order valence-electron chi connectivity index (χ1n) is 6.28. The van der Waals surface area contributed by atoms with Crippen LogP contribution in [0.1, 0.15) is 46.5 Å². The van der Waals surface area contributed by atoms with Crippen molar-refractivity contribution in [2.24, 2.45) is 5.92 Å². The normalized spacial score (nSPS) is 12.2. The first kappa shape index (κ1) is 16.7. The highest BCUT2D eigenvalue weighted by Crippen LogP contribution is 2.07. The molecule has 6 nitrogen and oxygen atoms in total. The Labute approximate surface area is 108 Å². The van der Waals surface area contributed by atoms with E-state index >= 15 is 0 Å². The van der Waals surface area contributed by atoms with Crippen molar-refractivity contribution in [2.45, 2.75) is 52.6 Å². The predicted octanol–water partition coefficient (Wildman–Crippen LogP) is 2.33. The van der Waals surface area contributed by atoms with Crippen LogP contribution < -0.4 is 5.48 Å². The van der Waals surface area contributed by atoms with Crippen LogP contribution in [0.4, 0.5) is 4.79 Å². The van der Waals surface area contributed by atoms with Crippen LogP contribution >= 0.6 is 0 Å². The van der Waals surface area contributed by atoms with Gasteiger partial charge in [-0.2, -0.15) is 5.48 Å². The number of rotatable bonds is 9. The van der Waals surface area contributed by atoms with Gasteiger partial charge in [0.1, 0.15) is 0 Å². The fourth-order valence-corrected chi connectivity index (χ4v) is 1.29. The molecule has 1 amide bonds. The van der Waals surface area contributed by atoms with Crippen molar-refractivity contribution in [2.75, 3.05) is 6.61 Å². The molecule has 2 N–H and O–H groups in total. The third kappa shape index (κ3) is 8.81. The molecule has 18 heavy (non-hydrogen) atoms. The van der Waals surface area contributed by atoms with Gasteiger partial charge in [-0.1, -0.05) is 33.6 Å². The Kier molecular flexibility index (Phi) is 9.00. The van der Waals surface area contributed by atoms with E-state index in [2.05, 4.69) is 0 Å². The van der Waals surface area contributed by atoms with E-state index < -0.39 is 18.2 Å². The molecule has 0 fully saturated rings. The lowest BCUT2D eigenvalue weighted by molar-refractivity contribution is -0.155. The molecule has 1 atom stereocenters. The maximum atomic E-state index is 11.2. The molecule has 0 saturated heterocycles. The van der Waals surface area contributed by atoms with Gasteiger partial charge < -0.3 is 9.84 Å². The van der Waals surface area contributed by atoms with Crippen molar-refractivity contribution in [3.63, 3.8) is 0 Å². The van der Waals surface area contributed by atoms with Gasteiger partial charge in [0.2, 0.25) is 0 Å². The zero-order chi connectivity index (χ0) is 14.0. The van der Waals surface area contributed by atoms with E-state index in [4.69, 9.17) is 14.7 Å². The molecule has 0 unspecified atom stereocenters. The number of aliphatic carboxylic acids is 1. The SMILES string of the molecule is CCCCCOC(=O)NO[C@H](CC(C)C)C(=O)O. The molecule has 0 aliphatic heterocycles. The van der Waals surface area contributed by atoms with E-state index in [9.17, 15) is 9.59 Å². The van der Waals surface area contributed by atoms with Gasteiger partial charge in [-0.05, 0) is 18.8 Å². The number of hydrogen-bond acceptors (Lipinski definition) is 4. The van der Waals surface area contributed by atoms with E-state index in [1.807, 2.05) is 26.3 Å². The highest BCUT2D eigenvalue weighted by molar-refractivity contribution is 5.72. The van der Waals surface area contributed by atoms with Crippen LogP contribution in [0.5, 0.6) is 0 Å². The van der Waals surface area contributed by atoms with E-state index in [1.54, 1.807) is 0 Å². The van der Waals surface area contributed by atoms with Gasteiger partial charge in [0.05, 0.1) is 6.61 Å². The standard InChI is InChI=1S/C12H23NO5/c1-4-5-6-7-17-12(16)13-18-10(11(14)15)8-9(2)3/h9-10H,4-8H2,1-3H3,(H,13,16)(H,14,15)/t10-/m1/s1. The smallest absolute Gasteiger partial charge is 0.431 e. The molecule has 0 bridgehead atoms. The molecule has 0 radical (unpaired) electrons. The molecule has 0 saturated carbocycles. The molecular weight excluding hydrogens is 238 g/mol. The Morgan fingerprint density at radius 1 is 1.28 bits per heavy atom. The summed E-state index contributed by atoms with van der Waals surface area (Å²) >= 11 is 0. The van der Waals surface area contributed by atoms with Crippen LogP contribution in [0, 0.1) is 5.92 Å². The number of amides is 1. The number of carboxylic acids is 1. The highest BCUT2D eigenvalue weighted by atomic mass is 16.7. The fourth-order valence-electron chi connectivity index (χ4n) is 1.29. The van der Waals surface area contributed by atoms with E-state index in [1.165, 1.54) is 0 Å². The van der Waals surface area contributed by atoms with Crippen molar-refractivity contribution in [1.29, 1.82) is 0 Å². The molecule has 0 heterocycles. The summed E-state index contributed by atoms with van der Waals surface area (Å²) in [5.41, 5.74) is 2.00. The van der Waals surface area contributed by atoms with Crippen molar-refractivity contribution < 1.29 is 24.3 Å². The topological polar surface area (TPSA) is 84.9 Å². The number of hydrogen-bond donors (Lipinski definition) is 2. The maximum absolute atomic E-state index is 11.2. The Hall–Kier alpha value is -1.30. The second-order valence-corrected chi connectivity index (χ2v) is 4.52. The third-order valence-corrected chi connectivity index (χ3v) is 2.23. The largest absolute Gasteiger partial charge is 0.479 e. The van der Waals surface area contributed by atoms with Gasteiger partial charge in [0.15, 0.2) is 6.10 Å². The average molecular weight is 261 g/mol. The predicted molar refractivity (Wildman–Crippen MR) is 66.0 cm³/mol. The molecule has 0 spiro atoms. The van der Waals surface area contributed by atoms with Gasteiger partial charge in [0, 0.05) is 0 Å². The minimum atomic E-state index is -1.10. The molecule has 106 valence electrons. The Balaban J connectivity index is 3.82. The quantitative estimate of drug-likeness (QED) is 0.491. The number of nitrogens with one attached hydrogen (secondary N) is 1. The van der Waals surface area contributed by atoms with Gasteiger partial charge in [-0.15, -0.1) is 0 Å². The van der Waals surface area contributed by atoms with Gasteiger partial charge in [-0.3, -0.25) is 4.84 Å². The second-order valence-electron chi connectivity index (χ2n) is 4.52. The molecule has 6 heteroatoms. The summed E-state index contributed by atoms with van der Waals surface area (Å²) < 4.78 is 4.81. The number of unbranched alkanes of at least 4 members (excludes halogenated alkanes) is 2. The molecular formula is C12H23NO5. The van der Waals surface area contributed by atoms with Crippen LogP contribution in [-0.4, -0.2) is 29.9 Å². The van der Waals surface area contributed by atoms with E-state index in [0.717, 1.165) is 19.3 Å². The molecule has 0 aromatic rings. The highest BCUT2D eigenvalue weighted by Gasteiger charge is 2.21. The van der Waals surface area contributed by atoms with Crippen LogP contribution in [-0.2, 0) is 14.4 Å². The summed E-state index contributed by atoms with van der Waals surface area (Å²) in [4.78, 5) is 26.8. The molecule has 0 rings (SSSR count). The average Bonchev–Trinajstić information content (AvgIpc) is 2.29. The van der Waals surface area contributed by atoms with Crippen LogP contribution in [0.25, 0.3) is 0 Å². The summed E-state index contributed by atoms with van der Waals surface area (Å²) in [6.45, 7) is 6.11. The minimum Gasteiger partial charge on any atom is -0.479 e. The Morgan fingerprint density at radius 2 is 1.94 bits per heavy atom. The molecule has 0 aliphatic carbocycles. The summed E-state index contributed by atoms with van der Waals surface area (Å²) in [7, 11) is 0. The summed E-state index contributed by atoms with van der Waals surface area (Å²) in [6, 6.07) is 0. The zero-order valence-corrected chi connectivity index (χ0v) is 11.3. The fraction of sp³-hybridized carbons (Fsp3) is 0.833. The lowest BCUT2D eigenvalue weighted by Gasteiger charge is -2.15. The monoisotopic (exact) mass is 261 g/mol. The van der Waals surface area contributed by atoms with E-state index in [0.29, 0.717) is 13.0 Å². The lowest BCUT2D eigenvalue weighted by atomic mass is 10.1. The Morgan fingerprint density at radius 3 is 2.44 bits per heavy atom. The number of carboxylic acid groups (broad SMARTS) is 1. The summed E-state index contributed by atoms with van der Waals surface area (Å²) in [5.74, 6) is -0.941. The van der Waals surface area contributed by atoms with Gasteiger partial charge in [-0.25, -0.2) is 9.59 Å². The number of hydroxylamine groups is 1.